The average molecular weight is 234 g/mol. The molecule has 1 aliphatic rings. The molecule has 0 radical (unpaired) electrons. The minimum absolute atomic E-state index is 0.753. The van der Waals surface area contributed by atoms with E-state index < -0.39 is 0 Å². The van der Waals surface area contributed by atoms with Crippen LogP contribution in [0.5, 0.6) is 0 Å². The first kappa shape index (κ1) is 9.73. The van der Waals surface area contributed by atoms with Gasteiger partial charge in [-0.15, -0.1) is 0 Å². The summed E-state index contributed by atoms with van der Waals surface area (Å²) in [5.74, 6) is 0. The Labute approximate surface area is 99.0 Å². The molecule has 3 nitrogen and oxygen atoms in total. The second-order valence-corrected chi connectivity index (χ2v) is 4.36. The first-order chi connectivity index (χ1) is 7.84. The Morgan fingerprint density at radius 3 is 2.88 bits per heavy atom. The van der Waals surface area contributed by atoms with Gasteiger partial charge in [0.2, 0.25) is 0 Å². The first-order valence-corrected chi connectivity index (χ1v) is 5.79. The molecule has 4 heteroatoms. The molecule has 0 saturated carbocycles. The van der Waals surface area contributed by atoms with Crippen LogP contribution in [-0.4, -0.2) is 16.3 Å². The van der Waals surface area contributed by atoms with Crippen LogP contribution in [0.4, 0.5) is 5.69 Å². The van der Waals surface area contributed by atoms with Crippen molar-refractivity contribution in [2.24, 2.45) is 0 Å². The van der Waals surface area contributed by atoms with E-state index in [1.165, 1.54) is 5.69 Å². The van der Waals surface area contributed by atoms with Gasteiger partial charge in [-0.3, -0.25) is 0 Å². The molecule has 0 fully saturated rings. The standard InChI is InChI=1S/C12H12ClN3/c13-9-3-5-10(6-4-9)16-12-2-1-7-14-11(12)8-15-16/h3-6,8,14H,1-2,7H2. The fraction of sp³-hybridized carbons (Fsp3) is 0.250. The number of hydrogen-bond donors (Lipinski definition) is 1. The summed E-state index contributed by atoms with van der Waals surface area (Å²) in [5.41, 5.74) is 3.48. The van der Waals surface area contributed by atoms with Gasteiger partial charge < -0.3 is 5.32 Å². The molecular formula is C12H12ClN3. The fourth-order valence-corrected chi connectivity index (χ4v) is 2.17. The van der Waals surface area contributed by atoms with Crippen LogP contribution < -0.4 is 5.32 Å². The molecule has 0 saturated heterocycles. The lowest BCUT2D eigenvalue weighted by Gasteiger charge is -2.15. The van der Waals surface area contributed by atoms with E-state index in [1.54, 1.807) is 0 Å². The molecular weight excluding hydrogens is 222 g/mol. The molecule has 82 valence electrons. The summed E-state index contributed by atoms with van der Waals surface area (Å²) in [6.07, 6.45) is 4.13. The SMILES string of the molecule is Clc1ccc(-n2ncc3c2CCCN3)cc1. The van der Waals surface area contributed by atoms with Crippen molar-refractivity contribution in [2.75, 3.05) is 11.9 Å². The summed E-state index contributed by atoms with van der Waals surface area (Å²) in [6.45, 7) is 1.04. The normalized spacial score (nSPS) is 14.3. The van der Waals surface area contributed by atoms with E-state index in [1.807, 2.05) is 35.1 Å². The average Bonchev–Trinajstić information content (AvgIpc) is 2.74. The molecule has 0 amide bonds. The molecule has 0 spiro atoms. The van der Waals surface area contributed by atoms with Crippen molar-refractivity contribution in [3.63, 3.8) is 0 Å². The molecule has 1 aromatic carbocycles. The van der Waals surface area contributed by atoms with Gasteiger partial charge >= 0.3 is 0 Å². The zero-order valence-corrected chi connectivity index (χ0v) is 9.54. The lowest BCUT2D eigenvalue weighted by atomic mass is 10.1. The molecule has 2 heterocycles. The van der Waals surface area contributed by atoms with Crippen molar-refractivity contribution in [1.82, 2.24) is 9.78 Å². The molecule has 0 unspecified atom stereocenters. The summed E-state index contributed by atoms with van der Waals surface area (Å²) < 4.78 is 1.98. The number of nitrogens with zero attached hydrogens (tertiary/aromatic N) is 2. The van der Waals surface area contributed by atoms with E-state index in [-0.39, 0.29) is 0 Å². The molecule has 0 bridgehead atoms. The van der Waals surface area contributed by atoms with Gasteiger partial charge in [-0.1, -0.05) is 11.6 Å². The van der Waals surface area contributed by atoms with Crippen LogP contribution in [0.2, 0.25) is 5.02 Å². The second kappa shape index (κ2) is 3.83. The summed E-state index contributed by atoms with van der Waals surface area (Å²) in [7, 11) is 0. The third-order valence-electron chi connectivity index (χ3n) is 2.85. The minimum Gasteiger partial charge on any atom is -0.382 e. The smallest absolute Gasteiger partial charge is 0.0763 e. The maximum absolute atomic E-state index is 5.87. The molecule has 16 heavy (non-hydrogen) atoms. The maximum atomic E-state index is 5.87. The molecule has 1 aliphatic heterocycles. The number of nitrogens with one attached hydrogen (secondary N) is 1. The molecule has 2 aromatic rings. The summed E-state index contributed by atoms with van der Waals surface area (Å²) in [6, 6.07) is 7.76. The summed E-state index contributed by atoms with van der Waals surface area (Å²) >= 11 is 5.87. The number of aromatic nitrogens is 2. The van der Waals surface area contributed by atoms with Crippen LogP contribution in [0.3, 0.4) is 0 Å². The Balaban J connectivity index is 2.06. The quantitative estimate of drug-likeness (QED) is 0.821. The fourth-order valence-electron chi connectivity index (χ4n) is 2.05. The van der Waals surface area contributed by atoms with Gasteiger partial charge in [0, 0.05) is 11.6 Å². The minimum atomic E-state index is 0.753. The highest BCUT2D eigenvalue weighted by molar-refractivity contribution is 6.30. The lowest BCUT2D eigenvalue weighted by Crippen LogP contribution is -2.13. The zero-order valence-electron chi connectivity index (χ0n) is 8.78. The van der Waals surface area contributed by atoms with E-state index >= 15 is 0 Å². The molecule has 0 aliphatic carbocycles. The number of anilines is 1. The highest BCUT2D eigenvalue weighted by Crippen LogP contribution is 2.24. The largest absolute Gasteiger partial charge is 0.382 e. The number of benzene rings is 1. The monoisotopic (exact) mass is 233 g/mol. The van der Waals surface area contributed by atoms with E-state index in [9.17, 15) is 0 Å². The second-order valence-electron chi connectivity index (χ2n) is 3.92. The van der Waals surface area contributed by atoms with Gasteiger partial charge in [0.15, 0.2) is 0 Å². The van der Waals surface area contributed by atoms with Crippen molar-refractivity contribution >= 4 is 17.3 Å². The van der Waals surface area contributed by atoms with Gasteiger partial charge in [-0.2, -0.15) is 5.10 Å². The Bertz CT molecular complexity index is 501. The lowest BCUT2D eigenvalue weighted by molar-refractivity contribution is 0.743. The topological polar surface area (TPSA) is 29.9 Å². The maximum Gasteiger partial charge on any atom is 0.0763 e. The van der Waals surface area contributed by atoms with Crippen molar-refractivity contribution in [3.05, 3.63) is 41.2 Å². The Kier molecular flexibility index (Phi) is 2.33. The van der Waals surface area contributed by atoms with Gasteiger partial charge in [-0.25, -0.2) is 4.68 Å². The predicted octanol–water partition coefficient (Wildman–Crippen LogP) is 2.88. The van der Waals surface area contributed by atoms with E-state index in [2.05, 4.69) is 10.4 Å². The van der Waals surface area contributed by atoms with Crippen molar-refractivity contribution in [1.29, 1.82) is 0 Å². The van der Waals surface area contributed by atoms with E-state index in [4.69, 9.17) is 11.6 Å². The predicted molar refractivity (Wildman–Crippen MR) is 65.4 cm³/mol. The van der Waals surface area contributed by atoms with Crippen molar-refractivity contribution < 1.29 is 0 Å². The number of hydrogen-bond acceptors (Lipinski definition) is 2. The third-order valence-corrected chi connectivity index (χ3v) is 3.10. The Morgan fingerprint density at radius 1 is 1.25 bits per heavy atom. The number of halogens is 1. The van der Waals surface area contributed by atoms with Gasteiger partial charge in [0.1, 0.15) is 0 Å². The Hall–Kier alpha value is -1.48. The summed E-state index contributed by atoms with van der Waals surface area (Å²) in [5, 5.41) is 8.52. The first-order valence-electron chi connectivity index (χ1n) is 5.41. The molecule has 0 atom stereocenters. The molecule has 1 aromatic heterocycles. The van der Waals surface area contributed by atoms with Crippen LogP contribution in [0, 0.1) is 0 Å². The van der Waals surface area contributed by atoms with Gasteiger partial charge in [0.05, 0.1) is 23.3 Å². The van der Waals surface area contributed by atoms with Crippen LogP contribution in [-0.2, 0) is 6.42 Å². The highest BCUT2D eigenvalue weighted by Gasteiger charge is 2.15. The number of fused-ring (bicyclic) bond motifs is 1. The van der Waals surface area contributed by atoms with Crippen molar-refractivity contribution in [2.45, 2.75) is 12.8 Å². The molecule has 3 rings (SSSR count). The van der Waals surface area contributed by atoms with Crippen LogP contribution >= 0.6 is 11.6 Å². The Morgan fingerprint density at radius 2 is 2.06 bits per heavy atom. The molecule has 1 N–H and O–H groups in total. The van der Waals surface area contributed by atoms with E-state index in [0.717, 1.165) is 35.8 Å². The zero-order chi connectivity index (χ0) is 11.0. The van der Waals surface area contributed by atoms with Crippen LogP contribution in [0.15, 0.2) is 30.5 Å². The summed E-state index contributed by atoms with van der Waals surface area (Å²) in [4.78, 5) is 0. The van der Waals surface area contributed by atoms with E-state index in [0.29, 0.717) is 0 Å². The van der Waals surface area contributed by atoms with Crippen molar-refractivity contribution in [3.8, 4) is 5.69 Å². The third kappa shape index (κ3) is 1.57. The van der Waals surface area contributed by atoms with Gasteiger partial charge in [-0.05, 0) is 37.1 Å². The van der Waals surface area contributed by atoms with Gasteiger partial charge in [0.25, 0.3) is 0 Å². The van der Waals surface area contributed by atoms with Crippen LogP contribution in [0.25, 0.3) is 5.69 Å². The van der Waals surface area contributed by atoms with Crippen LogP contribution in [0.1, 0.15) is 12.1 Å². The number of rotatable bonds is 1. The highest BCUT2D eigenvalue weighted by atomic mass is 35.5.